The number of nitriles is 1. The molecule has 0 aliphatic heterocycles. The van der Waals surface area contributed by atoms with E-state index in [1.165, 1.54) is 0 Å². The minimum absolute atomic E-state index is 0.176. The van der Waals surface area contributed by atoms with Gasteiger partial charge in [0.05, 0.1) is 0 Å². The normalized spacial score (nSPS) is 10.8. The smallest absolute Gasteiger partial charge is 0.269 e. The molecule has 2 aromatic rings. The zero-order valence-electron chi connectivity index (χ0n) is 14.3. The third-order valence-corrected chi connectivity index (χ3v) is 4.11. The van der Waals surface area contributed by atoms with Crippen LogP contribution in [-0.4, -0.2) is 16.3 Å². The van der Waals surface area contributed by atoms with Gasteiger partial charge < -0.3 is 9.67 Å². The van der Waals surface area contributed by atoms with Gasteiger partial charge >= 0.3 is 0 Å². The molecule has 1 aromatic carbocycles. The first-order valence-electron chi connectivity index (χ1n) is 8.40. The second-order valence-corrected chi connectivity index (χ2v) is 6.42. The van der Waals surface area contributed by atoms with Crippen molar-refractivity contribution in [2.45, 2.75) is 39.7 Å². The van der Waals surface area contributed by atoms with Crippen LogP contribution in [0.15, 0.2) is 41.3 Å². The number of aryl methyl sites for hydroxylation is 2. The van der Waals surface area contributed by atoms with Crippen molar-refractivity contribution in [1.82, 2.24) is 4.57 Å². The van der Waals surface area contributed by atoms with Crippen molar-refractivity contribution < 1.29 is 5.11 Å². The highest BCUT2D eigenvalue weighted by Gasteiger charge is 2.12. The molecular weight excluding hydrogens is 300 g/mol. The lowest BCUT2D eigenvalue weighted by molar-refractivity contribution is 0.288. The maximum Gasteiger partial charge on any atom is 0.269 e. The largest absolute Gasteiger partial charge is 0.396 e. The molecule has 126 valence electrons. The average Bonchev–Trinajstić information content (AvgIpc) is 2.59. The molecule has 0 aliphatic rings. The molecule has 0 unspecified atom stereocenters. The lowest BCUT2D eigenvalue weighted by atomic mass is 9.99. The van der Waals surface area contributed by atoms with Gasteiger partial charge in [-0.1, -0.05) is 38.1 Å². The zero-order valence-corrected chi connectivity index (χ0v) is 14.3. The lowest BCUT2D eigenvalue weighted by Crippen LogP contribution is -2.23. The van der Waals surface area contributed by atoms with Crippen molar-refractivity contribution in [3.8, 4) is 17.2 Å². The van der Waals surface area contributed by atoms with Crippen LogP contribution in [0.2, 0.25) is 0 Å². The van der Waals surface area contributed by atoms with E-state index < -0.39 is 0 Å². The first-order chi connectivity index (χ1) is 11.6. The Bertz CT molecular complexity index is 768. The summed E-state index contributed by atoms with van der Waals surface area (Å²) in [5.41, 5.74) is 2.66. The zero-order chi connectivity index (χ0) is 17.5. The number of hydrogen-bond donors (Lipinski definition) is 1. The highest BCUT2D eigenvalue weighted by atomic mass is 16.2. The minimum Gasteiger partial charge on any atom is -0.396 e. The molecule has 4 heteroatoms. The second kappa shape index (κ2) is 8.47. The molecule has 2 rings (SSSR count). The molecule has 1 aromatic heterocycles. The fourth-order valence-electron chi connectivity index (χ4n) is 2.63. The lowest BCUT2D eigenvalue weighted by Gasteiger charge is -2.11. The van der Waals surface area contributed by atoms with Crippen molar-refractivity contribution in [3.05, 3.63) is 58.0 Å². The molecule has 1 N–H and O–H groups in total. The number of rotatable bonds is 7. The molecule has 4 nitrogen and oxygen atoms in total. The summed E-state index contributed by atoms with van der Waals surface area (Å²) in [7, 11) is 0. The molecule has 0 atom stereocenters. The van der Waals surface area contributed by atoms with Gasteiger partial charge in [0.1, 0.15) is 11.6 Å². The van der Waals surface area contributed by atoms with Crippen LogP contribution in [0.1, 0.15) is 37.8 Å². The third-order valence-electron chi connectivity index (χ3n) is 4.11. The monoisotopic (exact) mass is 324 g/mol. The van der Waals surface area contributed by atoms with Gasteiger partial charge in [0, 0.05) is 24.9 Å². The van der Waals surface area contributed by atoms with Crippen LogP contribution < -0.4 is 5.56 Å². The Morgan fingerprint density at radius 1 is 1.21 bits per heavy atom. The average molecular weight is 324 g/mol. The molecule has 0 saturated heterocycles. The summed E-state index contributed by atoms with van der Waals surface area (Å²) in [4.78, 5) is 12.5. The van der Waals surface area contributed by atoms with Gasteiger partial charge in [-0.05, 0) is 42.4 Å². The summed E-state index contributed by atoms with van der Waals surface area (Å²) < 4.78 is 1.62. The number of aromatic nitrogens is 1. The number of aliphatic hydroxyl groups is 1. The van der Waals surface area contributed by atoms with Gasteiger partial charge in [-0.3, -0.25) is 4.79 Å². The molecule has 24 heavy (non-hydrogen) atoms. The highest BCUT2D eigenvalue weighted by Crippen LogP contribution is 2.22. The van der Waals surface area contributed by atoms with Gasteiger partial charge in [0.15, 0.2) is 0 Å². The third kappa shape index (κ3) is 4.33. The van der Waals surface area contributed by atoms with Crippen molar-refractivity contribution in [3.63, 3.8) is 0 Å². The highest BCUT2D eigenvalue weighted by molar-refractivity contribution is 5.69. The van der Waals surface area contributed by atoms with E-state index in [9.17, 15) is 10.1 Å². The summed E-state index contributed by atoms with van der Waals surface area (Å²) in [6, 6.07) is 11.8. The minimum atomic E-state index is -0.222. The number of nitrogens with zero attached hydrogens (tertiary/aromatic N) is 2. The van der Waals surface area contributed by atoms with E-state index in [0.29, 0.717) is 18.0 Å². The van der Waals surface area contributed by atoms with Crippen molar-refractivity contribution in [2.24, 2.45) is 5.92 Å². The molecule has 0 fully saturated rings. The Morgan fingerprint density at radius 2 is 1.92 bits per heavy atom. The van der Waals surface area contributed by atoms with Gasteiger partial charge in [0.2, 0.25) is 0 Å². The van der Waals surface area contributed by atoms with Crippen LogP contribution in [0.25, 0.3) is 11.1 Å². The molecular formula is C20H24N2O2. The standard InChI is InChI=1S/C20H24N2O2/c1-15(2)9-11-22-12-10-18(19(14-21)20(22)24)17-7-5-16(6-8-17)4-3-13-23/h5-8,10,12,15,23H,3-4,9,11,13H2,1-2H3. The Labute approximate surface area is 143 Å². The van der Waals surface area contributed by atoms with Crippen molar-refractivity contribution >= 4 is 0 Å². The predicted octanol–water partition coefficient (Wildman–Crippen LogP) is 3.36. The topological polar surface area (TPSA) is 66.0 Å². The van der Waals surface area contributed by atoms with Crippen LogP contribution in [-0.2, 0) is 13.0 Å². The summed E-state index contributed by atoms with van der Waals surface area (Å²) in [5, 5.41) is 18.3. The van der Waals surface area contributed by atoms with E-state index >= 15 is 0 Å². The van der Waals surface area contributed by atoms with Crippen LogP contribution in [0.4, 0.5) is 0 Å². The maximum absolute atomic E-state index is 12.5. The van der Waals surface area contributed by atoms with E-state index in [0.717, 1.165) is 30.4 Å². The summed E-state index contributed by atoms with van der Waals surface area (Å²) >= 11 is 0. The van der Waals surface area contributed by atoms with E-state index in [1.807, 2.05) is 30.3 Å². The van der Waals surface area contributed by atoms with Crippen LogP contribution >= 0.6 is 0 Å². The van der Waals surface area contributed by atoms with E-state index in [-0.39, 0.29) is 17.7 Å². The molecule has 0 bridgehead atoms. The second-order valence-electron chi connectivity index (χ2n) is 6.42. The SMILES string of the molecule is CC(C)CCn1ccc(-c2ccc(CCCO)cc2)c(C#N)c1=O. The van der Waals surface area contributed by atoms with E-state index in [2.05, 4.69) is 19.9 Å². The van der Waals surface area contributed by atoms with Crippen molar-refractivity contribution in [1.29, 1.82) is 5.26 Å². The first kappa shape index (κ1) is 18.0. The Hall–Kier alpha value is -2.38. The molecule has 1 heterocycles. The molecule has 0 saturated carbocycles. The number of aliphatic hydroxyl groups excluding tert-OH is 1. The first-order valence-corrected chi connectivity index (χ1v) is 8.40. The fourth-order valence-corrected chi connectivity index (χ4v) is 2.63. The summed E-state index contributed by atoms with van der Waals surface area (Å²) in [5.74, 6) is 0.508. The number of pyridine rings is 1. The molecule has 0 amide bonds. The number of hydrogen-bond acceptors (Lipinski definition) is 3. The Kier molecular flexibility index (Phi) is 6.34. The predicted molar refractivity (Wildman–Crippen MR) is 95.7 cm³/mol. The Balaban J connectivity index is 2.32. The van der Waals surface area contributed by atoms with Gasteiger partial charge in [0.25, 0.3) is 5.56 Å². The molecule has 0 aliphatic carbocycles. The summed E-state index contributed by atoms with van der Waals surface area (Å²) in [6.07, 6.45) is 4.23. The summed E-state index contributed by atoms with van der Waals surface area (Å²) in [6.45, 7) is 5.03. The molecule has 0 radical (unpaired) electrons. The van der Waals surface area contributed by atoms with E-state index in [4.69, 9.17) is 5.11 Å². The van der Waals surface area contributed by atoms with Crippen LogP contribution in [0.3, 0.4) is 0 Å². The van der Waals surface area contributed by atoms with Crippen molar-refractivity contribution in [2.75, 3.05) is 6.61 Å². The molecule has 0 spiro atoms. The maximum atomic E-state index is 12.5. The van der Waals surface area contributed by atoms with E-state index in [1.54, 1.807) is 10.8 Å². The van der Waals surface area contributed by atoms with Crippen LogP contribution in [0, 0.1) is 17.2 Å². The van der Waals surface area contributed by atoms with Crippen LogP contribution in [0.5, 0.6) is 0 Å². The Morgan fingerprint density at radius 3 is 2.50 bits per heavy atom. The van der Waals surface area contributed by atoms with Gasteiger partial charge in [-0.15, -0.1) is 0 Å². The van der Waals surface area contributed by atoms with Gasteiger partial charge in [-0.2, -0.15) is 5.26 Å². The van der Waals surface area contributed by atoms with Gasteiger partial charge in [-0.25, -0.2) is 0 Å². The number of benzene rings is 1. The quantitative estimate of drug-likeness (QED) is 0.849. The fraction of sp³-hybridized carbons (Fsp3) is 0.400.